The number of carbonyl (C=O) groups is 1. The Bertz CT molecular complexity index is 411. The maximum absolute atomic E-state index is 11.9. The van der Waals surface area contributed by atoms with Crippen molar-refractivity contribution < 1.29 is 4.79 Å². The molecule has 2 heteroatoms. The van der Waals surface area contributed by atoms with Gasteiger partial charge < -0.3 is 5.32 Å². The number of benzene rings is 1. The van der Waals surface area contributed by atoms with E-state index >= 15 is 0 Å². The van der Waals surface area contributed by atoms with E-state index in [1.807, 2.05) is 39.0 Å². The topological polar surface area (TPSA) is 29.1 Å². The highest BCUT2D eigenvalue weighted by atomic mass is 16.2. The van der Waals surface area contributed by atoms with Gasteiger partial charge in [-0.05, 0) is 17.5 Å². The van der Waals surface area contributed by atoms with Crippen LogP contribution in [0.2, 0.25) is 0 Å². The fraction of sp³-hybridized carbons (Fsp3) is 0.588. The van der Waals surface area contributed by atoms with Crippen LogP contribution in [0.4, 0.5) is 5.69 Å². The Morgan fingerprint density at radius 1 is 1.11 bits per heavy atom. The lowest BCUT2D eigenvalue weighted by Crippen LogP contribution is -2.28. The molecule has 1 aliphatic rings. The summed E-state index contributed by atoms with van der Waals surface area (Å²) in [5.41, 5.74) is 1.75. The minimum Gasteiger partial charge on any atom is -0.325 e. The van der Waals surface area contributed by atoms with E-state index in [0.29, 0.717) is 5.92 Å². The van der Waals surface area contributed by atoms with Crippen molar-refractivity contribution in [1.29, 1.82) is 0 Å². The summed E-state index contributed by atoms with van der Waals surface area (Å²) >= 11 is 0. The van der Waals surface area contributed by atoms with Gasteiger partial charge in [0.1, 0.15) is 0 Å². The average molecular weight is 261 g/mol. The molecular weight excluding hydrogens is 234 g/mol. The molecule has 0 spiro atoms. The van der Waals surface area contributed by atoms with Crippen LogP contribution in [0.5, 0.6) is 0 Å². The Morgan fingerprint density at radius 3 is 2.05 bits per heavy atom. The van der Waals surface area contributed by atoms with Crippen LogP contribution in [0, 0.1) is 5.41 Å². The molecule has 1 aliphatic carbocycles. The van der Waals surface area contributed by atoms with Crippen LogP contribution >= 0.6 is 0 Å². The number of carbonyl (C=O) groups excluding carboxylic acids is 1. The third-order valence-electron chi connectivity index (χ3n) is 2.87. The lowest BCUT2D eigenvalue weighted by molar-refractivity contribution is -0.123. The molecule has 0 unspecified atom stereocenters. The first-order chi connectivity index (χ1) is 8.82. The minimum atomic E-state index is -0.357. The highest BCUT2D eigenvalue weighted by Crippen LogP contribution is 2.25. The second-order valence-corrected chi connectivity index (χ2v) is 6.51. The average Bonchev–Trinajstić information content (AvgIpc) is 3.15. The van der Waals surface area contributed by atoms with E-state index < -0.39 is 0 Å². The Morgan fingerprint density at radius 2 is 1.63 bits per heavy atom. The molecule has 0 saturated heterocycles. The second-order valence-electron chi connectivity index (χ2n) is 6.51. The van der Waals surface area contributed by atoms with Crippen molar-refractivity contribution in [2.24, 2.45) is 5.41 Å². The van der Waals surface area contributed by atoms with Crippen molar-refractivity contribution in [2.45, 2.75) is 59.8 Å². The molecule has 0 radical (unpaired) electrons. The van der Waals surface area contributed by atoms with E-state index in [9.17, 15) is 4.79 Å². The molecular formula is C17H27NO. The van der Waals surface area contributed by atoms with Gasteiger partial charge in [0.05, 0.1) is 0 Å². The predicted octanol–water partition coefficient (Wildman–Crippen LogP) is 4.96. The molecule has 2 rings (SSSR count). The van der Waals surface area contributed by atoms with Crippen LogP contribution in [0.3, 0.4) is 0 Å². The normalized spacial score (nSPS) is 13.6. The summed E-state index contributed by atoms with van der Waals surface area (Å²) in [7, 11) is 0. The second kappa shape index (κ2) is 6.74. The molecule has 2 nitrogen and oxygen atoms in total. The Balaban J connectivity index is 0.000000524. The fourth-order valence-electron chi connectivity index (χ4n) is 1.42. The van der Waals surface area contributed by atoms with Crippen molar-refractivity contribution >= 4 is 11.6 Å². The molecule has 0 atom stereocenters. The highest BCUT2D eigenvalue weighted by molar-refractivity contribution is 5.95. The molecule has 1 saturated carbocycles. The Kier molecular flexibility index (Phi) is 5.59. The van der Waals surface area contributed by atoms with Crippen molar-refractivity contribution in [3.8, 4) is 0 Å². The highest BCUT2D eigenvalue weighted by Gasteiger charge is 2.22. The minimum absolute atomic E-state index is 0.0561. The van der Waals surface area contributed by atoms with Crippen molar-refractivity contribution in [1.82, 2.24) is 0 Å². The van der Waals surface area contributed by atoms with Crippen molar-refractivity contribution in [2.75, 3.05) is 5.32 Å². The van der Waals surface area contributed by atoms with Gasteiger partial charge in [-0.1, -0.05) is 72.1 Å². The number of nitrogens with one attached hydrogen (secondary N) is 1. The van der Waals surface area contributed by atoms with E-state index in [2.05, 4.69) is 25.2 Å². The first kappa shape index (κ1) is 15.7. The first-order valence-corrected chi connectivity index (χ1v) is 7.22. The Hall–Kier alpha value is -1.31. The molecule has 1 amide bonds. The molecule has 0 aromatic heterocycles. The van der Waals surface area contributed by atoms with Crippen LogP contribution in [-0.4, -0.2) is 5.91 Å². The fourth-order valence-corrected chi connectivity index (χ4v) is 1.42. The lowest BCUT2D eigenvalue weighted by Gasteiger charge is -2.20. The SMILES string of the molecule is C1CC1.CC(C)c1ccccc1NC(=O)C(C)(C)C. The van der Waals surface area contributed by atoms with Crippen molar-refractivity contribution in [3.05, 3.63) is 29.8 Å². The van der Waals surface area contributed by atoms with Crippen LogP contribution in [0.1, 0.15) is 65.4 Å². The zero-order valence-electron chi connectivity index (χ0n) is 12.9. The molecule has 1 N–H and O–H groups in total. The van der Waals surface area contributed by atoms with Crippen LogP contribution in [-0.2, 0) is 4.79 Å². The van der Waals surface area contributed by atoms with Crippen LogP contribution in [0.25, 0.3) is 0 Å². The van der Waals surface area contributed by atoms with E-state index in [0.717, 1.165) is 5.69 Å². The molecule has 19 heavy (non-hydrogen) atoms. The zero-order valence-corrected chi connectivity index (χ0v) is 12.9. The van der Waals surface area contributed by atoms with Crippen LogP contribution < -0.4 is 5.32 Å². The van der Waals surface area contributed by atoms with Gasteiger partial charge >= 0.3 is 0 Å². The van der Waals surface area contributed by atoms with E-state index in [-0.39, 0.29) is 11.3 Å². The zero-order chi connectivity index (χ0) is 14.5. The quantitative estimate of drug-likeness (QED) is 0.800. The summed E-state index contributed by atoms with van der Waals surface area (Å²) in [5, 5.41) is 2.99. The largest absolute Gasteiger partial charge is 0.325 e. The third-order valence-corrected chi connectivity index (χ3v) is 2.87. The summed E-state index contributed by atoms with van der Waals surface area (Å²) in [6.07, 6.45) is 4.50. The van der Waals surface area contributed by atoms with E-state index in [1.165, 1.54) is 24.8 Å². The summed E-state index contributed by atoms with van der Waals surface area (Å²) < 4.78 is 0. The lowest BCUT2D eigenvalue weighted by atomic mass is 9.94. The Labute approximate surface area is 117 Å². The number of hydrogen-bond donors (Lipinski definition) is 1. The van der Waals surface area contributed by atoms with Gasteiger partial charge in [-0.25, -0.2) is 0 Å². The smallest absolute Gasteiger partial charge is 0.229 e. The third kappa shape index (κ3) is 5.91. The van der Waals surface area contributed by atoms with Gasteiger partial charge in [0.2, 0.25) is 5.91 Å². The van der Waals surface area contributed by atoms with Gasteiger partial charge in [-0.3, -0.25) is 4.79 Å². The summed E-state index contributed by atoms with van der Waals surface area (Å²) in [5.74, 6) is 0.470. The summed E-state index contributed by atoms with van der Waals surface area (Å²) in [4.78, 5) is 11.9. The molecule has 1 fully saturated rings. The number of hydrogen-bond acceptors (Lipinski definition) is 1. The standard InChI is InChI=1S/C14H21NO.C3H6/c1-10(2)11-8-6-7-9-12(11)15-13(16)14(3,4)5;1-2-3-1/h6-10H,1-5H3,(H,15,16);1-3H2. The van der Waals surface area contributed by atoms with Gasteiger partial charge in [-0.15, -0.1) is 0 Å². The molecule has 0 bridgehead atoms. The van der Waals surface area contributed by atoms with Gasteiger partial charge in [0.25, 0.3) is 0 Å². The molecule has 0 aliphatic heterocycles. The maximum atomic E-state index is 11.9. The predicted molar refractivity (Wildman–Crippen MR) is 82.5 cm³/mol. The first-order valence-electron chi connectivity index (χ1n) is 7.22. The number of amides is 1. The molecule has 1 aromatic carbocycles. The molecule has 1 aromatic rings. The summed E-state index contributed by atoms with van der Waals surface area (Å²) in [6, 6.07) is 7.97. The molecule has 106 valence electrons. The summed E-state index contributed by atoms with van der Waals surface area (Å²) in [6.45, 7) is 10.0. The van der Waals surface area contributed by atoms with E-state index in [1.54, 1.807) is 0 Å². The number of para-hydroxylation sites is 1. The van der Waals surface area contributed by atoms with Gasteiger partial charge in [-0.2, -0.15) is 0 Å². The van der Waals surface area contributed by atoms with Crippen LogP contribution in [0.15, 0.2) is 24.3 Å². The maximum Gasteiger partial charge on any atom is 0.229 e. The number of rotatable bonds is 2. The van der Waals surface area contributed by atoms with Crippen molar-refractivity contribution in [3.63, 3.8) is 0 Å². The van der Waals surface area contributed by atoms with Gasteiger partial charge in [0, 0.05) is 11.1 Å². The number of anilines is 1. The molecule has 0 heterocycles. The van der Waals surface area contributed by atoms with Gasteiger partial charge in [0.15, 0.2) is 0 Å². The van der Waals surface area contributed by atoms with E-state index in [4.69, 9.17) is 0 Å². The monoisotopic (exact) mass is 261 g/mol.